The molecule has 8 rings (SSSR count). The lowest BCUT2D eigenvalue weighted by molar-refractivity contribution is -0.116. The van der Waals surface area contributed by atoms with E-state index < -0.39 is 0 Å². The fourth-order valence-electron chi connectivity index (χ4n) is 8.35. The third-order valence-corrected chi connectivity index (χ3v) is 10.4. The SMILES string of the molecule is Cc1ccccc1C1CC(=O)C2=C(C1)Nc1nc3ccccc3n1C2c1ccc2c(c1)C(C)CC(C)(C)N2Cc1ccccc1. The third-order valence-electron chi connectivity index (χ3n) is 10.4. The molecule has 0 spiro atoms. The van der Waals surface area contributed by atoms with Gasteiger partial charge in [-0.3, -0.25) is 9.36 Å². The number of Topliss-reactive ketones (excluding diaryl/α,β-unsaturated/α-hetero) is 1. The number of rotatable bonds is 4. The van der Waals surface area contributed by atoms with Crippen LogP contribution in [0.3, 0.4) is 0 Å². The van der Waals surface area contributed by atoms with Crippen molar-refractivity contribution in [3.8, 4) is 0 Å². The van der Waals surface area contributed by atoms with Crippen LogP contribution in [0.1, 0.15) is 85.7 Å². The smallest absolute Gasteiger partial charge is 0.209 e. The van der Waals surface area contributed by atoms with E-state index in [0.29, 0.717) is 12.3 Å². The summed E-state index contributed by atoms with van der Waals surface area (Å²) in [7, 11) is 0. The van der Waals surface area contributed by atoms with E-state index in [9.17, 15) is 4.79 Å². The van der Waals surface area contributed by atoms with Crippen molar-refractivity contribution in [3.05, 3.63) is 136 Å². The Labute approximate surface area is 265 Å². The Bertz CT molecular complexity index is 1980. The molecule has 4 aromatic carbocycles. The summed E-state index contributed by atoms with van der Waals surface area (Å²) in [6, 6.07) is 34.3. The molecular formula is C40H40N4O. The topological polar surface area (TPSA) is 50.2 Å². The maximum Gasteiger partial charge on any atom is 0.209 e. The van der Waals surface area contributed by atoms with Crippen LogP contribution < -0.4 is 10.2 Å². The number of aryl methyl sites for hydroxylation is 1. The van der Waals surface area contributed by atoms with E-state index in [1.807, 2.05) is 6.07 Å². The first kappa shape index (κ1) is 27.9. The van der Waals surface area contributed by atoms with E-state index in [0.717, 1.165) is 53.2 Å². The van der Waals surface area contributed by atoms with Crippen LogP contribution in [-0.2, 0) is 11.3 Å². The fourth-order valence-corrected chi connectivity index (χ4v) is 8.35. The minimum absolute atomic E-state index is 0.0197. The lowest BCUT2D eigenvalue weighted by atomic mass is 9.75. The molecule has 3 atom stereocenters. The first-order chi connectivity index (χ1) is 21.8. The third kappa shape index (κ3) is 4.59. The Balaban J connectivity index is 1.27. The number of hydrogen-bond acceptors (Lipinski definition) is 4. The van der Waals surface area contributed by atoms with E-state index >= 15 is 0 Å². The van der Waals surface area contributed by atoms with Crippen molar-refractivity contribution in [2.75, 3.05) is 10.2 Å². The first-order valence-corrected chi connectivity index (χ1v) is 16.3. The van der Waals surface area contributed by atoms with Crippen molar-refractivity contribution >= 4 is 28.5 Å². The zero-order chi connectivity index (χ0) is 30.9. The van der Waals surface area contributed by atoms with Crippen molar-refractivity contribution in [1.29, 1.82) is 0 Å². The molecule has 0 radical (unpaired) electrons. The Kier molecular flexibility index (Phi) is 6.49. The average molecular weight is 593 g/mol. The Hall–Kier alpha value is -4.64. The van der Waals surface area contributed by atoms with E-state index in [4.69, 9.17) is 4.98 Å². The van der Waals surface area contributed by atoms with Crippen LogP contribution in [0.2, 0.25) is 0 Å². The molecule has 5 heteroatoms. The van der Waals surface area contributed by atoms with Crippen molar-refractivity contribution in [3.63, 3.8) is 0 Å². The maximum atomic E-state index is 14.3. The number of fused-ring (bicyclic) bond motifs is 4. The number of aromatic nitrogens is 2. The van der Waals surface area contributed by atoms with Gasteiger partial charge >= 0.3 is 0 Å². The van der Waals surface area contributed by atoms with Crippen molar-refractivity contribution in [2.45, 2.75) is 76.9 Å². The standard InChI is InChI=1S/C40H40N4O/c1-25-12-8-9-15-30(25)29-21-33-37(36(45)22-29)38(44-35-17-11-10-16-32(35)41-39(44)42-33)28-18-19-34-31(20-28)26(2)23-40(3,4)43(34)24-27-13-6-5-7-14-27/h5-20,26,29,38H,21-24H2,1-4H3,(H,41,42). The molecular weight excluding hydrogens is 552 g/mol. The normalized spacial score (nSPS) is 22.1. The van der Waals surface area contributed by atoms with Crippen LogP contribution >= 0.6 is 0 Å². The van der Waals surface area contributed by atoms with Gasteiger partial charge in [0, 0.05) is 35.5 Å². The lowest BCUT2D eigenvalue weighted by Gasteiger charge is -2.48. The highest BCUT2D eigenvalue weighted by atomic mass is 16.1. The number of allylic oxidation sites excluding steroid dienone is 2. The lowest BCUT2D eigenvalue weighted by Crippen LogP contribution is -2.47. The number of para-hydroxylation sites is 2. The van der Waals surface area contributed by atoms with Gasteiger partial charge in [-0.05, 0) is 91.5 Å². The molecule has 45 heavy (non-hydrogen) atoms. The maximum absolute atomic E-state index is 14.3. The molecule has 1 aromatic heterocycles. The molecule has 3 aliphatic rings. The zero-order valence-electron chi connectivity index (χ0n) is 26.5. The Morgan fingerprint density at radius 1 is 0.889 bits per heavy atom. The second-order valence-corrected chi connectivity index (χ2v) is 13.9. The number of hydrogen-bond donors (Lipinski definition) is 1. The number of carbonyl (C=O) groups excluding carboxylic acids is 1. The van der Waals surface area contributed by atoms with Crippen LogP contribution in [0.5, 0.6) is 0 Å². The molecule has 5 nitrogen and oxygen atoms in total. The van der Waals surface area contributed by atoms with Crippen molar-refractivity contribution < 1.29 is 4.79 Å². The Morgan fingerprint density at radius 2 is 1.64 bits per heavy atom. The summed E-state index contributed by atoms with van der Waals surface area (Å²) in [5, 5.41) is 3.66. The van der Waals surface area contributed by atoms with Gasteiger partial charge in [-0.25, -0.2) is 4.98 Å². The predicted octanol–water partition coefficient (Wildman–Crippen LogP) is 9.05. The van der Waals surface area contributed by atoms with Gasteiger partial charge in [0.1, 0.15) is 0 Å². The molecule has 3 heterocycles. The number of imidazole rings is 1. The number of carbonyl (C=O) groups is 1. The van der Waals surface area contributed by atoms with Gasteiger partial charge < -0.3 is 10.2 Å². The summed E-state index contributed by atoms with van der Waals surface area (Å²) in [5.74, 6) is 1.58. The van der Waals surface area contributed by atoms with Crippen LogP contribution in [-0.4, -0.2) is 20.9 Å². The highest BCUT2D eigenvalue weighted by Crippen LogP contribution is 2.49. The summed E-state index contributed by atoms with van der Waals surface area (Å²) in [6.45, 7) is 10.1. The molecule has 0 saturated heterocycles. The van der Waals surface area contributed by atoms with Gasteiger partial charge in [-0.1, -0.05) is 85.8 Å². The van der Waals surface area contributed by atoms with Crippen LogP contribution in [0.25, 0.3) is 11.0 Å². The molecule has 5 aromatic rings. The Morgan fingerprint density at radius 3 is 2.47 bits per heavy atom. The fraction of sp³-hybridized carbons (Fsp3) is 0.300. The number of benzene rings is 4. The largest absolute Gasteiger partial charge is 0.362 e. The summed E-state index contributed by atoms with van der Waals surface area (Å²) in [6.07, 6.45) is 2.38. The number of anilines is 2. The number of ketones is 1. The second-order valence-electron chi connectivity index (χ2n) is 13.9. The summed E-state index contributed by atoms with van der Waals surface area (Å²) in [5.41, 5.74) is 11.5. The van der Waals surface area contributed by atoms with Crippen LogP contribution in [0, 0.1) is 6.92 Å². The minimum atomic E-state index is -0.232. The van der Waals surface area contributed by atoms with E-state index in [-0.39, 0.29) is 23.3 Å². The first-order valence-electron chi connectivity index (χ1n) is 16.3. The van der Waals surface area contributed by atoms with E-state index in [2.05, 4.69) is 133 Å². The summed E-state index contributed by atoms with van der Waals surface area (Å²) >= 11 is 0. The van der Waals surface area contributed by atoms with Crippen molar-refractivity contribution in [1.82, 2.24) is 9.55 Å². The monoisotopic (exact) mass is 592 g/mol. The van der Waals surface area contributed by atoms with Gasteiger partial charge in [0.05, 0.1) is 17.1 Å². The van der Waals surface area contributed by atoms with Crippen LogP contribution in [0.4, 0.5) is 11.6 Å². The summed E-state index contributed by atoms with van der Waals surface area (Å²) < 4.78 is 2.26. The number of nitrogens with one attached hydrogen (secondary N) is 1. The van der Waals surface area contributed by atoms with Gasteiger partial charge in [-0.15, -0.1) is 0 Å². The van der Waals surface area contributed by atoms with Gasteiger partial charge in [0.2, 0.25) is 5.95 Å². The van der Waals surface area contributed by atoms with Gasteiger partial charge in [-0.2, -0.15) is 0 Å². The van der Waals surface area contributed by atoms with E-state index in [1.54, 1.807) is 0 Å². The molecule has 3 unspecified atom stereocenters. The summed E-state index contributed by atoms with van der Waals surface area (Å²) in [4.78, 5) is 21.9. The molecule has 0 fully saturated rings. The molecule has 0 amide bonds. The molecule has 226 valence electrons. The molecule has 0 bridgehead atoms. The highest BCUT2D eigenvalue weighted by molar-refractivity contribution is 6.01. The van der Waals surface area contributed by atoms with Gasteiger partial charge in [0.15, 0.2) is 5.78 Å². The molecule has 1 N–H and O–H groups in total. The molecule has 0 saturated carbocycles. The van der Waals surface area contributed by atoms with E-state index in [1.165, 1.54) is 27.9 Å². The predicted molar refractivity (Wildman–Crippen MR) is 183 cm³/mol. The highest BCUT2D eigenvalue weighted by Gasteiger charge is 2.41. The average Bonchev–Trinajstić information content (AvgIpc) is 3.40. The number of nitrogens with zero attached hydrogens (tertiary/aromatic N) is 3. The van der Waals surface area contributed by atoms with Gasteiger partial charge in [0.25, 0.3) is 0 Å². The molecule has 1 aliphatic carbocycles. The second kappa shape index (κ2) is 10.5. The van der Waals surface area contributed by atoms with Crippen LogP contribution in [0.15, 0.2) is 108 Å². The quantitative estimate of drug-likeness (QED) is 0.226. The zero-order valence-corrected chi connectivity index (χ0v) is 26.5. The minimum Gasteiger partial charge on any atom is -0.362 e. The van der Waals surface area contributed by atoms with Crippen molar-refractivity contribution in [2.24, 2.45) is 0 Å². The molecule has 2 aliphatic heterocycles.